The van der Waals surface area contributed by atoms with Gasteiger partial charge < -0.3 is 5.32 Å². The summed E-state index contributed by atoms with van der Waals surface area (Å²) in [5.74, 6) is 0.413. The molecule has 3 aromatic rings. The van der Waals surface area contributed by atoms with Crippen molar-refractivity contribution in [1.82, 2.24) is 19.7 Å². The Bertz CT molecular complexity index is 748. The molecule has 6 heteroatoms. The van der Waals surface area contributed by atoms with E-state index >= 15 is 0 Å². The van der Waals surface area contributed by atoms with Gasteiger partial charge in [0, 0.05) is 6.54 Å². The lowest BCUT2D eigenvalue weighted by Gasteiger charge is -2.05. The third-order valence-corrected chi connectivity index (χ3v) is 2.85. The van der Waals surface area contributed by atoms with Crippen LogP contribution >= 0.6 is 0 Å². The normalized spacial score (nSPS) is 10.7. The number of nitrogens with zero attached hydrogens (tertiary/aromatic N) is 4. The first-order chi connectivity index (χ1) is 9.79. The van der Waals surface area contributed by atoms with Crippen LogP contribution in [0.4, 0.5) is 10.2 Å². The van der Waals surface area contributed by atoms with Gasteiger partial charge in [0.1, 0.15) is 18.0 Å². The molecule has 3 rings (SSSR count). The largest absolute Gasteiger partial charge is 0.366 e. The predicted molar refractivity (Wildman–Crippen MR) is 75.3 cm³/mol. The molecule has 0 aliphatic heterocycles. The number of fused-ring (bicyclic) bond motifs is 1. The maximum atomic E-state index is 13.0. The molecule has 1 N–H and O–H groups in total. The number of nitrogens with one attached hydrogen (secondary N) is 1. The van der Waals surface area contributed by atoms with Gasteiger partial charge in [-0.05, 0) is 24.3 Å². The SMILES string of the molecule is C=CCNc1ncnc2c1cnn2-c1ccc(F)cc1. The first-order valence-electron chi connectivity index (χ1n) is 6.09. The molecule has 0 amide bonds. The van der Waals surface area contributed by atoms with Gasteiger partial charge in [-0.25, -0.2) is 19.0 Å². The van der Waals surface area contributed by atoms with Gasteiger partial charge in [-0.2, -0.15) is 5.10 Å². The minimum Gasteiger partial charge on any atom is -0.366 e. The van der Waals surface area contributed by atoms with E-state index in [2.05, 4.69) is 27.0 Å². The van der Waals surface area contributed by atoms with E-state index in [1.165, 1.54) is 18.5 Å². The lowest BCUT2D eigenvalue weighted by Crippen LogP contribution is -2.02. The predicted octanol–water partition coefficient (Wildman–Crippen LogP) is 2.55. The highest BCUT2D eigenvalue weighted by molar-refractivity contribution is 5.87. The van der Waals surface area contributed by atoms with E-state index in [1.54, 1.807) is 29.1 Å². The third kappa shape index (κ3) is 2.11. The Labute approximate surface area is 114 Å². The van der Waals surface area contributed by atoms with E-state index in [1.807, 2.05) is 0 Å². The average molecular weight is 269 g/mol. The summed E-state index contributed by atoms with van der Waals surface area (Å²) in [5, 5.41) is 8.22. The maximum absolute atomic E-state index is 13.0. The molecule has 1 aromatic carbocycles. The lowest BCUT2D eigenvalue weighted by molar-refractivity contribution is 0.627. The Morgan fingerprint density at radius 3 is 2.80 bits per heavy atom. The molecule has 0 spiro atoms. The minimum absolute atomic E-state index is 0.284. The molecule has 2 heterocycles. The summed E-state index contributed by atoms with van der Waals surface area (Å²) in [6.07, 6.45) is 4.90. The molecule has 100 valence electrons. The van der Waals surface area contributed by atoms with Crippen molar-refractivity contribution in [3.63, 3.8) is 0 Å². The van der Waals surface area contributed by atoms with Crippen molar-refractivity contribution in [1.29, 1.82) is 0 Å². The van der Waals surface area contributed by atoms with Gasteiger partial charge in [0.05, 0.1) is 17.3 Å². The molecule has 20 heavy (non-hydrogen) atoms. The highest BCUT2D eigenvalue weighted by Gasteiger charge is 2.10. The monoisotopic (exact) mass is 269 g/mol. The van der Waals surface area contributed by atoms with Crippen LogP contribution in [0.2, 0.25) is 0 Å². The van der Waals surface area contributed by atoms with E-state index in [9.17, 15) is 4.39 Å². The molecular weight excluding hydrogens is 257 g/mol. The second-order valence-corrected chi connectivity index (χ2v) is 4.16. The van der Waals surface area contributed by atoms with E-state index in [0.29, 0.717) is 18.0 Å². The van der Waals surface area contributed by atoms with Gasteiger partial charge in [0.2, 0.25) is 0 Å². The van der Waals surface area contributed by atoms with Crippen LogP contribution in [0.3, 0.4) is 0 Å². The second kappa shape index (κ2) is 5.08. The topological polar surface area (TPSA) is 55.6 Å². The Hall–Kier alpha value is -2.76. The van der Waals surface area contributed by atoms with Crippen molar-refractivity contribution in [2.45, 2.75) is 0 Å². The Morgan fingerprint density at radius 1 is 1.25 bits per heavy atom. The standard InChI is InChI=1S/C14H12FN5/c1-2-7-16-13-12-8-19-20(14(12)18-9-17-13)11-5-3-10(15)4-6-11/h2-6,8-9H,1,7H2,(H,16,17,18). The van der Waals surface area contributed by atoms with Gasteiger partial charge in [0.15, 0.2) is 5.65 Å². The van der Waals surface area contributed by atoms with Crippen LogP contribution in [0, 0.1) is 5.82 Å². The third-order valence-electron chi connectivity index (χ3n) is 2.85. The Morgan fingerprint density at radius 2 is 2.05 bits per heavy atom. The van der Waals surface area contributed by atoms with Crippen molar-refractivity contribution in [2.75, 3.05) is 11.9 Å². The minimum atomic E-state index is -0.284. The van der Waals surface area contributed by atoms with Crippen molar-refractivity contribution < 1.29 is 4.39 Å². The van der Waals surface area contributed by atoms with Gasteiger partial charge in [0.25, 0.3) is 0 Å². The second-order valence-electron chi connectivity index (χ2n) is 4.16. The van der Waals surface area contributed by atoms with Crippen LogP contribution in [0.15, 0.2) is 49.4 Å². The fraction of sp³-hybridized carbons (Fsp3) is 0.0714. The molecular formula is C14H12FN5. The number of hydrogen-bond donors (Lipinski definition) is 1. The highest BCUT2D eigenvalue weighted by atomic mass is 19.1. The Kier molecular flexibility index (Phi) is 3.12. The molecule has 5 nitrogen and oxygen atoms in total. The van der Waals surface area contributed by atoms with Crippen molar-refractivity contribution in [3.05, 3.63) is 55.3 Å². The van der Waals surface area contributed by atoms with Crippen molar-refractivity contribution in [2.24, 2.45) is 0 Å². The Balaban J connectivity index is 2.09. The zero-order valence-corrected chi connectivity index (χ0v) is 10.6. The summed E-state index contributed by atoms with van der Waals surface area (Å²) < 4.78 is 14.6. The summed E-state index contributed by atoms with van der Waals surface area (Å²) in [7, 11) is 0. The van der Waals surface area contributed by atoms with E-state index in [4.69, 9.17) is 0 Å². The number of anilines is 1. The molecule has 0 aliphatic rings. The number of hydrogen-bond acceptors (Lipinski definition) is 4. The summed E-state index contributed by atoms with van der Waals surface area (Å²) in [6.45, 7) is 4.26. The van der Waals surface area contributed by atoms with Crippen LogP contribution in [0.1, 0.15) is 0 Å². The number of aromatic nitrogens is 4. The number of rotatable bonds is 4. The smallest absolute Gasteiger partial charge is 0.168 e. The fourth-order valence-corrected chi connectivity index (χ4v) is 1.93. The van der Waals surface area contributed by atoms with E-state index < -0.39 is 0 Å². The molecule has 0 unspecified atom stereocenters. The van der Waals surface area contributed by atoms with Gasteiger partial charge in [-0.15, -0.1) is 6.58 Å². The molecule has 0 saturated carbocycles. The summed E-state index contributed by atoms with van der Waals surface area (Å²) >= 11 is 0. The molecule has 0 saturated heterocycles. The van der Waals surface area contributed by atoms with Crippen molar-refractivity contribution in [3.8, 4) is 5.69 Å². The summed E-state index contributed by atoms with van der Waals surface area (Å²) in [5.41, 5.74) is 1.41. The number of halogens is 1. The van der Waals surface area contributed by atoms with Crippen molar-refractivity contribution >= 4 is 16.9 Å². The summed E-state index contributed by atoms with van der Waals surface area (Å²) in [4.78, 5) is 8.42. The summed E-state index contributed by atoms with van der Waals surface area (Å²) in [6, 6.07) is 6.09. The van der Waals surface area contributed by atoms with Crippen LogP contribution in [0.5, 0.6) is 0 Å². The van der Waals surface area contributed by atoms with Crippen LogP contribution in [-0.2, 0) is 0 Å². The van der Waals surface area contributed by atoms with Gasteiger partial charge >= 0.3 is 0 Å². The molecule has 2 aromatic heterocycles. The molecule has 0 radical (unpaired) electrons. The first-order valence-corrected chi connectivity index (χ1v) is 6.09. The zero-order valence-electron chi connectivity index (χ0n) is 10.6. The highest BCUT2D eigenvalue weighted by Crippen LogP contribution is 2.21. The van der Waals surface area contributed by atoms with Crippen LogP contribution in [0.25, 0.3) is 16.7 Å². The fourth-order valence-electron chi connectivity index (χ4n) is 1.93. The number of benzene rings is 1. The van der Waals surface area contributed by atoms with Gasteiger partial charge in [-0.1, -0.05) is 6.08 Å². The molecule has 0 aliphatic carbocycles. The van der Waals surface area contributed by atoms with Gasteiger partial charge in [-0.3, -0.25) is 0 Å². The molecule has 0 fully saturated rings. The van der Waals surface area contributed by atoms with Crippen LogP contribution < -0.4 is 5.32 Å². The first kappa shape index (κ1) is 12.3. The maximum Gasteiger partial charge on any atom is 0.168 e. The quantitative estimate of drug-likeness (QED) is 0.739. The zero-order chi connectivity index (χ0) is 13.9. The van der Waals surface area contributed by atoms with E-state index in [-0.39, 0.29) is 5.82 Å². The van der Waals surface area contributed by atoms with E-state index in [0.717, 1.165) is 11.1 Å². The molecule has 0 atom stereocenters. The lowest BCUT2D eigenvalue weighted by atomic mass is 10.3. The van der Waals surface area contributed by atoms with Crippen LogP contribution in [-0.4, -0.2) is 26.3 Å². The average Bonchev–Trinajstić information content (AvgIpc) is 2.90. The molecule has 0 bridgehead atoms.